The van der Waals surface area contributed by atoms with Crippen LogP contribution in [0.2, 0.25) is 0 Å². The molecule has 0 N–H and O–H groups in total. The number of benzene rings is 1. The minimum Gasteiger partial charge on any atom is -0.467 e. The normalized spacial score (nSPS) is 10.9. The summed E-state index contributed by atoms with van der Waals surface area (Å²) in [4.78, 5) is 20.8. The first-order chi connectivity index (χ1) is 16.0. The maximum atomic E-state index is 12.8. The van der Waals surface area contributed by atoms with Crippen molar-refractivity contribution in [3.05, 3.63) is 78.5 Å². The second kappa shape index (κ2) is 10.4. The number of hydrogen-bond donors (Lipinski definition) is 0. The first-order valence-electron chi connectivity index (χ1n) is 10.5. The van der Waals surface area contributed by atoms with E-state index < -0.39 is 0 Å². The summed E-state index contributed by atoms with van der Waals surface area (Å²) >= 11 is 1.37. The number of thioether (sulfide) groups is 1. The van der Waals surface area contributed by atoms with Crippen molar-refractivity contribution in [2.45, 2.75) is 18.2 Å². The maximum absolute atomic E-state index is 12.8. The summed E-state index contributed by atoms with van der Waals surface area (Å²) in [5.74, 6) is 1.75. The molecular weight excluding hydrogens is 436 g/mol. The zero-order valence-electron chi connectivity index (χ0n) is 18.9. The molecule has 0 unspecified atom stereocenters. The van der Waals surface area contributed by atoms with Gasteiger partial charge in [0.1, 0.15) is 5.76 Å². The number of carbonyl (C=O) groups is 1. The molecule has 0 saturated carbocycles. The summed E-state index contributed by atoms with van der Waals surface area (Å²) in [5.41, 5.74) is 3.07. The molecule has 1 aromatic carbocycles. The monoisotopic (exact) mass is 462 g/mol. The highest BCUT2D eigenvalue weighted by atomic mass is 32.2. The Morgan fingerprint density at radius 3 is 2.55 bits per heavy atom. The third-order valence-electron chi connectivity index (χ3n) is 5.15. The number of aromatic nitrogens is 4. The fourth-order valence-corrected chi connectivity index (χ4v) is 4.18. The van der Waals surface area contributed by atoms with E-state index in [0.717, 1.165) is 22.6 Å². The molecule has 0 atom stereocenters. The van der Waals surface area contributed by atoms with Gasteiger partial charge in [-0.2, -0.15) is 0 Å². The molecule has 3 heterocycles. The predicted molar refractivity (Wildman–Crippen MR) is 129 cm³/mol. The van der Waals surface area contributed by atoms with Gasteiger partial charge in [-0.15, -0.1) is 10.2 Å². The van der Waals surface area contributed by atoms with E-state index in [1.807, 2.05) is 67.0 Å². The molecule has 33 heavy (non-hydrogen) atoms. The molecule has 170 valence electrons. The minimum atomic E-state index is 0.0205. The lowest BCUT2D eigenvalue weighted by molar-refractivity contribution is -0.127. The van der Waals surface area contributed by atoms with Crippen LogP contribution in [-0.4, -0.2) is 57.5 Å². The SMILES string of the molecule is CN(Cc1ccc(N(C)C)cc1)C(=O)CSc1nnc(-c2cccnc2)n1Cc1ccco1. The van der Waals surface area contributed by atoms with E-state index in [1.54, 1.807) is 23.6 Å². The number of pyridine rings is 1. The lowest BCUT2D eigenvalue weighted by Gasteiger charge is -2.18. The Hall–Kier alpha value is -3.59. The van der Waals surface area contributed by atoms with E-state index in [1.165, 1.54) is 11.8 Å². The molecule has 0 bridgehead atoms. The van der Waals surface area contributed by atoms with Gasteiger partial charge in [-0.3, -0.25) is 14.3 Å². The number of amides is 1. The largest absolute Gasteiger partial charge is 0.467 e. The van der Waals surface area contributed by atoms with Crippen LogP contribution in [0, 0.1) is 0 Å². The Balaban J connectivity index is 1.44. The minimum absolute atomic E-state index is 0.0205. The number of carbonyl (C=O) groups excluding carboxylic acids is 1. The number of hydrogen-bond acceptors (Lipinski definition) is 7. The van der Waals surface area contributed by atoms with E-state index >= 15 is 0 Å². The lowest BCUT2D eigenvalue weighted by atomic mass is 10.2. The van der Waals surface area contributed by atoms with Crippen LogP contribution in [0.15, 0.2) is 76.8 Å². The highest BCUT2D eigenvalue weighted by Crippen LogP contribution is 2.25. The molecule has 8 nitrogen and oxygen atoms in total. The Morgan fingerprint density at radius 1 is 1.06 bits per heavy atom. The molecular formula is C24H26N6O2S. The molecule has 0 aliphatic carbocycles. The van der Waals surface area contributed by atoms with E-state index in [4.69, 9.17) is 4.42 Å². The first-order valence-corrected chi connectivity index (χ1v) is 11.5. The first kappa shape index (κ1) is 22.6. The van der Waals surface area contributed by atoms with Crippen molar-refractivity contribution in [3.63, 3.8) is 0 Å². The highest BCUT2D eigenvalue weighted by molar-refractivity contribution is 7.99. The Labute approximate surface area is 197 Å². The van der Waals surface area contributed by atoms with E-state index in [9.17, 15) is 4.79 Å². The maximum Gasteiger partial charge on any atom is 0.233 e. The van der Waals surface area contributed by atoms with Gasteiger partial charge in [0.15, 0.2) is 11.0 Å². The summed E-state index contributed by atoms with van der Waals surface area (Å²) in [6, 6.07) is 15.8. The summed E-state index contributed by atoms with van der Waals surface area (Å²) in [7, 11) is 5.83. The van der Waals surface area contributed by atoms with Crippen LogP contribution in [0.5, 0.6) is 0 Å². The van der Waals surface area contributed by atoms with Crippen molar-refractivity contribution in [3.8, 4) is 11.4 Å². The molecule has 4 aromatic rings. The third-order valence-corrected chi connectivity index (χ3v) is 6.11. The van der Waals surface area contributed by atoms with Crippen molar-refractivity contribution in [1.82, 2.24) is 24.6 Å². The molecule has 0 spiro atoms. The smallest absolute Gasteiger partial charge is 0.233 e. The molecule has 4 rings (SSSR count). The molecule has 0 fully saturated rings. The van der Waals surface area contributed by atoms with Gasteiger partial charge in [0.05, 0.1) is 18.6 Å². The molecule has 0 saturated heterocycles. The van der Waals surface area contributed by atoms with Gasteiger partial charge in [-0.05, 0) is 42.0 Å². The standard InChI is InChI=1S/C24H26N6O2S/c1-28(2)20-10-8-18(9-11-20)15-29(3)22(31)17-33-24-27-26-23(19-6-4-12-25-14-19)30(24)16-21-7-5-13-32-21/h4-14H,15-17H2,1-3H3. The fraction of sp³-hybridized carbons (Fsp3) is 0.250. The van der Waals surface area contributed by atoms with Gasteiger partial charge < -0.3 is 14.2 Å². The quantitative estimate of drug-likeness (QED) is 0.350. The Kier molecular flexibility index (Phi) is 7.09. The van der Waals surface area contributed by atoms with Crippen LogP contribution in [0.1, 0.15) is 11.3 Å². The number of furan rings is 1. The zero-order valence-corrected chi connectivity index (χ0v) is 19.7. The average Bonchev–Trinajstić information content (AvgIpc) is 3.49. The summed E-state index contributed by atoms with van der Waals surface area (Å²) in [5, 5.41) is 9.36. The van der Waals surface area contributed by atoms with Crippen molar-refractivity contribution in [2.24, 2.45) is 0 Å². The number of nitrogens with zero attached hydrogens (tertiary/aromatic N) is 6. The van der Waals surface area contributed by atoms with Crippen LogP contribution in [0.25, 0.3) is 11.4 Å². The summed E-state index contributed by atoms with van der Waals surface area (Å²) < 4.78 is 7.48. The van der Waals surface area contributed by atoms with E-state index in [-0.39, 0.29) is 11.7 Å². The van der Waals surface area contributed by atoms with Gasteiger partial charge in [-0.1, -0.05) is 23.9 Å². The second-order valence-electron chi connectivity index (χ2n) is 7.81. The van der Waals surface area contributed by atoms with Crippen LogP contribution in [-0.2, 0) is 17.9 Å². The van der Waals surface area contributed by atoms with Crippen molar-refractivity contribution >= 4 is 23.4 Å². The van der Waals surface area contributed by atoms with Crippen molar-refractivity contribution in [1.29, 1.82) is 0 Å². The van der Waals surface area contributed by atoms with Gasteiger partial charge in [-0.25, -0.2) is 0 Å². The van der Waals surface area contributed by atoms with Crippen molar-refractivity contribution < 1.29 is 9.21 Å². The van der Waals surface area contributed by atoms with Gasteiger partial charge in [0.2, 0.25) is 5.91 Å². The Bertz CT molecular complexity index is 1170. The molecule has 0 radical (unpaired) electrons. The number of rotatable bonds is 9. The van der Waals surface area contributed by atoms with Crippen LogP contribution in [0.3, 0.4) is 0 Å². The van der Waals surface area contributed by atoms with E-state index in [2.05, 4.69) is 27.3 Å². The van der Waals surface area contributed by atoms with Crippen LogP contribution >= 0.6 is 11.8 Å². The molecule has 3 aromatic heterocycles. The molecule has 0 aliphatic heterocycles. The molecule has 1 amide bonds. The third kappa shape index (κ3) is 5.61. The molecule has 0 aliphatic rings. The second-order valence-corrected chi connectivity index (χ2v) is 8.76. The fourth-order valence-electron chi connectivity index (χ4n) is 3.30. The zero-order chi connectivity index (χ0) is 23.2. The van der Waals surface area contributed by atoms with Gasteiger partial charge >= 0.3 is 0 Å². The summed E-state index contributed by atoms with van der Waals surface area (Å²) in [6.45, 7) is 1.02. The van der Waals surface area contributed by atoms with Crippen LogP contribution in [0.4, 0.5) is 5.69 Å². The summed E-state index contributed by atoms with van der Waals surface area (Å²) in [6.07, 6.45) is 5.10. The van der Waals surface area contributed by atoms with Gasteiger partial charge in [0, 0.05) is 51.3 Å². The van der Waals surface area contributed by atoms with E-state index in [0.29, 0.717) is 24.1 Å². The average molecular weight is 463 g/mol. The van der Waals surface area contributed by atoms with Crippen molar-refractivity contribution in [2.75, 3.05) is 31.8 Å². The lowest BCUT2D eigenvalue weighted by Crippen LogP contribution is -2.28. The predicted octanol–water partition coefficient (Wildman–Crippen LogP) is 3.80. The topological polar surface area (TPSA) is 80.3 Å². The Morgan fingerprint density at radius 2 is 1.88 bits per heavy atom. The number of anilines is 1. The highest BCUT2D eigenvalue weighted by Gasteiger charge is 2.18. The van der Waals surface area contributed by atoms with Gasteiger partial charge in [0.25, 0.3) is 0 Å². The molecule has 9 heteroatoms. The van der Waals surface area contributed by atoms with Crippen LogP contribution < -0.4 is 4.90 Å².